The average molecular weight is 397 g/mol. The van der Waals surface area contributed by atoms with Crippen LogP contribution in [0.25, 0.3) is 0 Å². The molecule has 7 heteroatoms. The highest BCUT2D eigenvalue weighted by Gasteiger charge is 2.22. The molecule has 7 nitrogen and oxygen atoms in total. The highest BCUT2D eigenvalue weighted by Crippen LogP contribution is 2.25. The Morgan fingerprint density at radius 2 is 1.69 bits per heavy atom. The zero-order valence-corrected chi connectivity index (χ0v) is 16.7. The summed E-state index contributed by atoms with van der Waals surface area (Å²) in [6.45, 7) is 2.48. The van der Waals surface area contributed by atoms with E-state index in [1.807, 2.05) is 24.3 Å². The summed E-state index contributed by atoms with van der Waals surface area (Å²) >= 11 is 0. The zero-order valence-electron chi connectivity index (χ0n) is 16.7. The second-order valence-electron chi connectivity index (χ2n) is 7.25. The van der Waals surface area contributed by atoms with E-state index in [0.29, 0.717) is 12.1 Å². The molecule has 1 saturated heterocycles. The molecule has 1 atom stereocenters. The summed E-state index contributed by atoms with van der Waals surface area (Å²) in [5.41, 5.74) is 1.53. The van der Waals surface area contributed by atoms with E-state index in [9.17, 15) is 14.9 Å². The van der Waals surface area contributed by atoms with Gasteiger partial charge in [-0.05, 0) is 55.8 Å². The maximum atomic E-state index is 12.6. The van der Waals surface area contributed by atoms with Crippen molar-refractivity contribution in [3.63, 3.8) is 0 Å². The molecule has 154 valence electrons. The van der Waals surface area contributed by atoms with E-state index < -0.39 is 4.92 Å². The van der Waals surface area contributed by atoms with Crippen LogP contribution in [0.4, 0.5) is 5.69 Å². The maximum Gasteiger partial charge on any atom is 0.269 e. The van der Waals surface area contributed by atoms with Crippen molar-refractivity contribution in [3.05, 3.63) is 69.8 Å². The van der Waals surface area contributed by atoms with Crippen molar-refractivity contribution in [2.24, 2.45) is 0 Å². The lowest BCUT2D eigenvalue weighted by Crippen LogP contribution is -2.38. The van der Waals surface area contributed by atoms with Crippen molar-refractivity contribution in [2.75, 3.05) is 26.7 Å². The number of hydrogen-bond donors (Lipinski definition) is 1. The van der Waals surface area contributed by atoms with Gasteiger partial charge < -0.3 is 10.1 Å². The Bertz CT molecular complexity index is 813. The number of carbonyl (C=O) groups excluding carboxylic acids is 1. The average Bonchev–Trinajstić information content (AvgIpc) is 3.04. The Morgan fingerprint density at radius 3 is 2.24 bits per heavy atom. The molecule has 1 aliphatic heterocycles. The molecule has 0 saturated carbocycles. The Morgan fingerprint density at radius 1 is 1.07 bits per heavy atom. The van der Waals surface area contributed by atoms with Crippen molar-refractivity contribution in [1.82, 2.24) is 10.2 Å². The number of carbonyl (C=O) groups is 1. The Labute approximate surface area is 170 Å². The van der Waals surface area contributed by atoms with Gasteiger partial charge in [-0.15, -0.1) is 0 Å². The molecule has 1 amide bonds. The Kier molecular flexibility index (Phi) is 7.19. The van der Waals surface area contributed by atoms with E-state index in [2.05, 4.69) is 10.2 Å². The van der Waals surface area contributed by atoms with Crippen molar-refractivity contribution >= 4 is 11.6 Å². The van der Waals surface area contributed by atoms with Gasteiger partial charge in [0.25, 0.3) is 11.6 Å². The minimum atomic E-state index is -0.471. The predicted molar refractivity (Wildman–Crippen MR) is 111 cm³/mol. The summed E-state index contributed by atoms with van der Waals surface area (Å²) in [6.07, 6.45) is 4.79. The first kappa shape index (κ1) is 20.8. The van der Waals surface area contributed by atoms with Crippen LogP contribution in [0.1, 0.15) is 47.6 Å². The van der Waals surface area contributed by atoms with E-state index in [0.717, 1.165) is 37.2 Å². The molecular formula is C22H27N3O4. The third kappa shape index (κ3) is 5.54. The number of ether oxygens (including phenoxy) is 1. The SMILES string of the molecule is COc1ccc(C(CNC(=O)c2ccc([N+](=O)[O-])cc2)N2CCCCCC2)cc1. The van der Waals surface area contributed by atoms with E-state index in [-0.39, 0.29) is 17.6 Å². The number of nitrogens with zero attached hydrogens (tertiary/aromatic N) is 2. The number of nitro benzene ring substituents is 1. The van der Waals surface area contributed by atoms with E-state index in [1.54, 1.807) is 7.11 Å². The quantitative estimate of drug-likeness (QED) is 0.565. The number of nitro groups is 1. The van der Waals surface area contributed by atoms with Crippen LogP contribution in [-0.4, -0.2) is 42.5 Å². The third-order valence-corrected chi connectivity index (χ3v) is 5.38. The number of nitrogens with one attached hydrogen (secondary N) is 1. The lowest BCUT2D eigenvalue weighted by Gasteiger charge is -2.31. The lowest BCUT2D eigenvalue weighted by atomic mass is 10.0. The van der Waals surface area contributed by atoms with Crippen LogP contribution in [0.3, 0.4) is 0 Å². The first-order chi connectivity index (χ1) is 14.1. The largest absolute Gasteiger partial charge is 0.497 e. The molecule has 2 aromatic rings. The second-order valence-corrected chi connectivity index (χ2v) is 7.25. The van der Waals surface area contributed by atoms with Crippen LogP contribution in [0.15, 0.2) is 48.5 Å². The minimum absolute atomic E-state index is 0.0257. The summed E-state index contributed by atoms with van der Waals surface area (Å²) in [6, 6.07) is 13.7. The van der Waals surface area contributed by atoms with Crippen molar-refractivity contribution in [3.8, 4) is 5.75 Å². The molecule has 29 heavy (non-hydrogen) atoms. The molecule has 0 radical (unpaired) electrons. The van der Waals surface area contributed by atoms with Gasteiger partial charge in [-0.2, -0.15) is 0 Å². The number of benzene rings is 2. The highest BCUT2D eigenvalue weighted by molar-refractivity contribution is 5.94. The van der Waals surface area contributed by atoms with Crippen LogP contribution in [-0.2, 0) is 0 Å². The van der Waals surface area contributed by atoms with Crippen LogP contribution in [0, 0.1) is 10.1 Å². The molecular weight excluding hydrogens is 370 g/mol. The van der Waals surface area contributed by atoms with Gasteiger partial charge in [0, 0.05) is 24.2 Å². The third-order valence-electron chi connectivity index (χ3n) is 5.38. The standard InChI is InChI=1S/C22H27N3O4/c1-29-20-12-8-17(9-13-20)21(24-14-4-2-3-5-15-24)16-23-22(26)18-6-10-19(11-7-18)25(27)28/h6-13,21H,2-5,14-16H2,1H3,(H,23,26). The molecule has 1 fully saturated rings. The van der Waals surface area contributed by atoms with E-state index in [1.165, 1.54) is 37.1 Å². The van der Waals surface area contributed by atoms with Gasteiger partial charge in [-0.3, -0.25) is 19.8 Å². The van der Waals surface area contributed by atoms with Gasteiger partial charge in [-0.1, -0.05) is 25.0 Å². The molecule has 3 rings (SSSR count). The van der Waals surface area contributed by atoms with Crippen LogP contribution < -0.4 is 10.1 Å². The molecule has 0 bridgehead atoms. The van der Waals surface area contributed by atoms with E-state index in [4.69, 9.17) is 4.74 Å². The smallest absolute Gasteiger partial charge is 0.269 e. The Hall–Kier alpha value is -2.93. The topological polar surface area (TPSA) is 84.7 Å². The van der Waals surface area contributed by atoms with Gasteiger partial charge in [0.1, 0.15) is 5.75 Å². The first-order valence-electron chi connectivity index (χ1n) is 9.99. The summed E-state index contributed by atoms with van der Waals surface area (Å²) in [5.74, 6) is 0.575. The predicted octanol–water partition coefficient (Wildman–Crippen LogP) is 3.95. The van der Waals surface area contributed by atoms with Gasteiger partial charge in [0.15, 0.2) is 0 Å². The lowest BCUT2D eigenvalue weighted by molar-refractivity contribution is -0.384. The van der Waals surface area contributed by atoms with Crippen molar-refractivity contribution in [2.45, 2.75) is 31.7 Å². The van der Waals surface area contributed by atoms with Gasteiger partial charge in [0.2, 0.25) is 0 Å². The fraction of sp³-hybridized carbons (Fsp3) is 0.409. The summed E-state index contributed by atoms with van der Waals surface area (Å²) in [5, 5.41) is 13.8. The number of amides is 1. The summed E-state index contributed by atoms with van der Waals surface area (Å²) in [4.78, 5) is 25.4. The number of non-ortho nitro benzene ring substituents is 1. The van der Waals surface area contributed by atoms with Crippen LogP contribution in [0.5, 0.6) is 5.75 Å². The maximum absolute atomic E-state index is 12.6. The fourth-order valence-electron chi connectivity index (χ4n) is 3.72. The molecule has 1 aliphatic rings. The summed E-state index contributed by atoms with van der Waals surface area (Å²) in [7, 11) is 1.64. The van der Waals surface area contributed by atoms with Gasteiger partial charge in [-0.25, -0.2) is 0 Å². The van der Waals surface area contributed by atoms with Gasteiger partial charge >= 0.3 is 0 Å². The first-order valence-corrected chi connectivity index (χ1v) is 9.99. The molecule has 2 aromatic carbocycles. The summed E-state index contributed by atoms with van der Waals surface area (Å²) < 4.78 is 5.27. The number of rotatable bonds is 7. The van der Waals surface area contributed by atoms with Crippen LogP contribution in [0.2, 0.25) is 0 Å². The molecule has 1 heterocycles. The monoisotopic (exact) mass is 397 g/mol. The normalized spacial score (nSPS) is 15.9. The van der Waals surface area contributed by atoms with Crippen molar-refractivity contribution < 1.29 is 14.5 Å². The number of hydrogen-bond acceptors (Lipinski definition) is 5. The molecule has 1 N–H and O–H groups in total. The Balaban J connectivity index is 1.73. The fourth-order valence-corrected chi connectivity index (χ4v) is 3.72. The van der Waals surface area contributed by atoms with E-state index >= 15 is 0 Å². The van der Waals surface area contributed by atoms with Crippen molar-refractivity contribution in [1.29, 1.82) is 0 Å². The second kappa shape index (κ2) is 10.0. The number of methoxy groups -OCH3 is 1. The highest BCUT2D eigenvalue weighted by atomic mass is 16.6. The zero-order chi connectivity index (χ0) is 20.6. The molecule has 1 unspecified atom stereocenters. The van der Waals surface area contributed by atoms with Crippen LogP contribution >= 0.6 is 0 Å². The molecule has 0 aromatic heterocycles. The molecule has 0 aliphatic carbocycles. The molecule has 0 spiro atoms. The minimum Gasteiger partial charge on any atom is -0.497 e. The number of likely N-dealkylation sites (tertiary alicyclic amines) is 1. The van der Waals surface area contributed by atoms with Gasteiger partial charge in [0.05, 0.1) is 18.1 Å².